The highest BCUT2D eigenvalue weighted by molar-refractivity contribution is 5.92. The van der Waals surface area contributed by atoms with Gasteiger partial charge in [0.05, 0.1) is 6.10 Å². The van der Waals surface area contributed by atoms with Gasteiger partial charge in [-0.3, -0.25) is 9.69 Å². The van der Waals surface area contributed by atoms with Gasteiger partial charge in [-0.1, -0.05) is 30.3 Å². The summed E-state index contributed by atoms with van der Waals surface area (Å²) in [6.07, 6.45) is 3.86. The number of carbonyl (C=O) groups excluding carboxylic acids is 1. The maximum absolute atomic E-state index is 12.4. The largest absolute Gasteiger partial charge is 0.376 e. The Bertz CT molecular complexity index is 771. The Morgan fingerprint density at radius 1 is 1.14 bits per heavy atom. The lowest BCUT2D eigenvalue weighted by Gasteiger charge is -2.34. The minimum absolute atomic E-state index is 0.128. The minimum atomic E-state index is -0.165. The number of anilines is 1. The first-order chi connectivity index (χ1) is 13.8. The van der Waals surface area contributed by atoms with E-state index in [2.05, 4.69) is 49.4 Å². The smallest absolute Gasteiger partial charge is 0.270 e. The van der Waals surface area contributed by atoms with Gasteiger partial charge in [-0.05, 0) is 24.5 Å². The van der Waals surface area contributed by atoms with Crippen LogP contribution in [0.25, 0.3) is 0 Å². The second-order valence-corrected chi connectivity index (χ2v) is 7.34. The normalized spacial score (nSPS) is 20.3. The molecular formula is C21H27N5O2. The fraction of sp³-hybridized carbons (Fsp3) is 0.476. The topological polar surface area (TPSA) is 70.6 Å². The molecule has 0 saturated carbocycles. The van der Waals surface area contributed by atoms with Gasteiger partial charge in [-0.15, -0.1) is 0 Å². The van der Waals surface area contributed by atoms with E-state index in [4.69, 9.17) is 4.74 Å². The zero-order chi connectivity index (χ0) is 19.2. The van der Waals surface area contributed by atoms with Crippen LogP contribution in [0.4, 0.5) is 5.95 Å². The standard InChI is InChI=1S/C21H27N5O2/c27-20(23-15-18-7-4-14-28-18)19-8-9-22-21(24-19)26-12-10-25(11-13-26)16-17-5-2-1-3-6-17/h1-3,5-6,8-9,18H,4,7,10-16H2,(H,23,27). The number of rotatable bonds is 6. The summed E-state index contributed by atoms with van der Waals surface area (Å²) in [5, 5.41) is 2.92. The van der Waals surface area contributed by atoms with E-state index in [-0.39, 0.29) is 12.0 Å². The predicted octanol–water partition coefficient (Wildman–Crippen LogP) is 1.71. The summed E-state index contributed by atoms with van der Waals surface area (Å²) in [6.45, 7) is 5.90. The predicted molar refractivity (Wildman–Crippen MR) is 107 cm³/mol. The van der Waals surface area contributed by atoms with Gasteiger partial charge in [0.1, 0.15) is 5.69 Å². The summed E-state index contributed by atoms with van der Waals surface area (Å²) in [7, 11) is 0. The monoisotopic (exact) mass is 381 g/mol. The summed E-state index contributed by atoms with van der Waals surface area (Å²) in [5.74, 6) is 0.464. The Labute approximate surface area is 165 Å². The molecule has 1 N–H and O–H groups in total. The summed E-state index contributed by atoms with van der Waals surface area (Å²) in [4.78, 5) is 25.9. The summed E-state index contributed by atoms with van der Waals surface area (Å²) >= 11 is 0. The average molecular weight is 381 g/mol. The lowest BCUT2D eigenvalue weighted by atomic mass is 10.2. The third kappa shape index (κ3) is 4.85. The van der Waals surface area contributed by atoms with Gasteiger partial charge in [0.25, 0.3) is 5.91 Å². The molecular weight excluding hydrogens is 354 g/mol. The fourth-order valence-electron chi connectivity index (χ4n) is 3.68. The molecule has 2 aromatic rings. The zero-order valence-corrected chi connectivity index (χ0v) is 16.1. The van der Waals surface area contributed by atoms with Crippen LogP contribution in [-0.2, 0) is 11.3 Å². The van der Waals surface area contributed by atoms with Gasteiger partial charge in [-0.25, -0.2) is 9.97 Å². The molecule has 28 heavy (non-hydrogen) atoms. The highest BCUT2D eigenvalue weighted by Gasteiger charge is 2.21. The second-order valence-electron chi connectivity index (χ2n) is 7.34. The molecule has 0 bridgehead atoms. The van der Waals surface area contributed by atoms with Gasteiger partial charge in [-0.2, -0.15) is 0 Å². The molecule has 4 rings (SSSR count). The van der Waals surface area contributed by atoms with Crippen LogP contribution in [-0.4, -0.2) is 66.2 Å². The van der Waals surface area contributed by atoms with Crippen LogP contribution < -0.4 is 10.2 Å². The van der Waals surface area contributed by atoms with Crippen molar-refractivity contribution in [1.29, 1.82) is 0 Å². The quantitative estimate of drug-likeness (QED) is 0.821. The number of hydrogen-bond donors (Lipinski definition) is 1. The Morgan fingerprint density at radius 3 is 2.71 bits per heavy atom. The van der Waals surface area contributed by atoms with Crippen molar-refractivity contribution in [3.8, 4) is 0 Å². The van der Waals surface area contributed by atoms with E-state index in [1.807, 2.05) is 6.07 Å². The molecule has 2 aliphatic rings. The summed E-state index contributed by atoms with van der Waals surface area (Å²) < 4.78 is 5.55. The van der Waals surface area contributed by atoms with Crippen molar-refractivity contribution in [2.24, 2.45) is 0 Å². The molecule has 7 nitrogen and oxygen atoms in total. The van der Waals surface area contributed by atoms with Crippen LogP contribution in [0.15, 0.2) is 42.6 Å². The van der Waals surface area contributed by atoms with E-state index in [9.17, 15) is 4.79 Å². The first-order valence-corrected chi connectivity index (χ1v) is 10.0. The minimum Gasteiger partial charge on any atom is -0.376 e. The van der Waals surface area contributed by atoms with Crippen LogP contribution in [0.3, 0.4) is 0 Å². The number of hydrogen-bond acceptors (Lipinski definition) is 6. The van der Waals surface area contributed by atoms with Gasteiger partial charge in [0, 0.05) is 52.1 Å². The van der Waals surface area contributed by atoms with Gasteiger partial charge < -0.3 is 15.0 Å². The first-order valence-electron chi connectivity index (χ1n) is 10.0. The van der Waals surface area contributed by atoms with E-state index < -0.39 is 0 Å². The third-order valence-electron chi connectivity index (χ3n) is 5.29. The number of ether oxygens (including phenoxy) is 1. The van der Waals surface area contributed by atoms with Gasteiger partial charge in [0.2, 0.25) is 5.95 Å². The van der Waals surface area contributed by atoms with E-state index in [0.29, 0.717) is 18.2 Å². The molecule has 0 radical (unpaired) electrons. The lowest BCUT2D eigenvalue weighted by Crippen LogP contribution is -2.46. The molecule has 1 aromatic carbocycles. The van der Waals surface area contributed by atoms with E-state index in [0.717, 1.165) is 52.2 Å². The third-order valence-corrected chi connectivity index (χ3v) is 5.29. The Hall–Kier alpha value is -2.51. The van der Waals surface area contributed by atoms with Gasteiger partial charge in [0.15, 0.2) is 0 Å². The molecule has 0 aliphatic carbocycles. The van der Waals surface area contributed by atoms with Crippen molar-refractivity contribution in [3.63, 3.8) is 0 Å². The Morgan fingerprint density at radius 2 is 1.96 bits per heavy atom. The van der Waals surface area contributed by atoms with Crippen LogP contribution >= 0.6 is 0 Å². The zero-order valence-electron chi connectivity index (χ0n) is 16.1. The van der Waals surface area contributed by atoms with Crippen molar-refractivity contribution in [1.82, 2.24) is 20.2 Å². The molecule has 3 heterocycles. The van der Waals surface area contributed by atoms with E-state index in [1.165, 1.54) is 5.56 Å². The number of carbonyl (C=O) groups is 1. The van der Waals surface area contributed by atoms with Crippen molar-refractivity contribution < 1.29 is 9.53 Å². The van der Waals surface area contributed by atoms with E-state index >= 15 is 0 Å². The molecule has 1 aromatic heterocycles. The average Bonchev–Trinajstić information content (AvgIpc) is 3.27. The van der Waals surface area contributed by atoms with Crippen molar-refractivity contribution >= 4 is 11.9 Å². The molecule has 2 saturated heterocycles. The lowest BCUT2D eigenvalue weighted by molar-refractivity contribution is 0.0853. The second kappa shape index (κ2) is 9.12. The fourth-order valence-corrected chi connectivity index (χ4v) is 3.68. The number of benzene rings is 1. The molecule has 7 heteroatoms. The summed E-state index contributed by atoms with van der Waals surface area (Å²) in [5.41, 5.74) is 1.74. The van der Waals surface area contributed by atoms with E-state index in [1.54, 1.807) is 12.3 Å². The molecule has 1 amide bonds. The highest BCUT2D eigenvalue weighted by Crippen LogP contribution is 2.14. The highest BCUT2D eigenvalue weighted by atomic mass is 16.5. The van der Waals surface area contributed by atoms with Crippen molar-refractivity contribution in [2.45, 2.75) is 25.5 Å². The SMILES string of the molecule is O=C(NCC1CCCO1)c1ccnc(N2CCN(Cc3ccccc3)CC2)n1. The Balaban J connectivity index is 1.30. The maximum atomic E-state index is 12.4. The molecule has 1 atom stereocenters. The molecule has 2 aliphatic heterocycles. The maximum Gasteiger partial charge on any atom is 0.270 e. The molecule has 1 unspecified atom stereocenters. The molecule has 148 valence electrons. The first kappa shape index (κ1) is 18.8. The number of amides is 1. The van der Waals surface area contributed by atoms with Crippen LogP contribution in [0.1, 0.15) is 28.9 Å². The number of nitrogens with zero attached hydrogens (tertiary/aromatic N) is 4. The van der Waals surface area contributed by atoms with Crippen LogP contribution in [0.2, 0.25) is 0 Å². The number of nitrogens with one attached hydrogen (secondary N) is 1. The summed E-state index contributed by atoms with van der Waals surface area (Å²) in [6, 6.07) is 12.2. The Kier molecular flexibility index (Phi) is 6.14. The van der Waals surface area contributed by atoms with Gasteiger partial charge >= 0.3 is 0 Å². The van der Waals surface area contributed by atoms with Crippen molar-refractivity contribution in [2.75, 3.05) is 44.2 Å². The van der Waals surface area contributed by atoms with Crippen molar-refractivity contribution in [3.05, 3.63) is 53.9 Å². The molecule has 0 spiro atoms. The van der Waals surface area contributed by atoms with Crippen LogP contribution in [0.5, 0.6) is 0 Å². The van der Waals surface area contributed by atoms with Crippen LogP contribution in [0, 0.1) is 0 Å². The number of piperazine rings is 1. The number of aromatic nitrogens is 2. The molecule has 2 fully saturated rings.